The van der Waals surface area contributed by atoms with Gasteiger partial charge in [0.25, 0.3) is 0 Å². The van der Waals surface area contributed by atoms with Crippen LogP contribution in [-0.4, -0.2) is 5.78 Å². The maximum atomic E-state index is 12.2. The van der Waals surface area contributed by atoms with Gasteiger partial charge in [0.15, 0.2) is 5.78 Å². The second-order valence-electron chi connectivity index (χ2n) is 3.82. The summed E-state index contributed by atoms with van der Waals surface area (Å²) < 4.78 is 5.41. The fourth-order valence-corrected chi connectivity index (χ4v) is 2.14. The van der Waals surface area contributed by atoms with Crippen LogP contribution in [0.5, 0.6) is 0 Å². The number of rotatable bonds is 4. The second kappa shape index (κ2) is 4.88. The first kappa shape index (κ1) is 12.4. The third kappa shape index (κ3) is 2.28. The summed E-state index contributed by atoms with van der Waals surface area (Å²) in [4.78, 5) is 12.9. The molecule has 0 radical (unpaired) electrons. The van der Waals surface area contributed by atoms with Gasteiger partial charge in [-0.3, -0.25) is 4.79 Å². The lowest BCUT2D eigenvalue weighted by Gasteiger charge is -2.10. The zero-order chi connectivity index (χ0) is 11.6. The van der Waals surface area contributed by atoms with Crippen molar-refractivity contribution in [3.63, 3.8) is 0 Å². The Balaban J connectivity index is 3.10. The van der Waals surface area contributed by atoms with Gasteiger partial charge in [-0.05, 0) is 26.7 Å². The van der Waals surface area contributed by atoms with Crippen molar-refractivity contribution in [3.8, 4) is 0 Å². The first-order valence-corrected chi connectivity index (χ1v) is 5.80. The number of aryl methyl sites for hydroxylation is 2. The van der Waals surface area contributed by atoms with E-state index in [2.05, 4.69) is 12.6 Å². The molecule has 3 heteroatoms. The highest BCUT2D eigenvalue weighted by Crippen LogP contribution is 2.29. The summed E-state index contributed by atoms with van der Waals surface area (Å²) in [7, 11) is 0. The summed E-state index contributed by atoms with van der Waals surface area (Å²) >= 11 is 4.33. The largest absolute Gasteiger partial charge is 0.465 e. The Hall–Kier alpha value is -0.700. The summed E-state index contributed by atoms with van der Waals surface area (Å²) in [5, 5.41) is 0. The van der Waals surface area contributed by atoms with Gasteiger partial charge in [-0.2, -0.15) is 0 Å². The van der Waals surface area contributed by atoms with Gasteiger partial charge in [0.1, 0.15) is 11.5 Å². The number of thiol groups is 1. The van der Waals surface area contributed by atoms with E-state index in [4.69, 9.17) is 4.42 Å². The van der Waals surface area contributed by atoms with E-state index in [0.717, 1.165) is 18.6 Å². The average Bonchev–Trinajstić information content (AvgIpc) is 2.43. The number of carbonyl (C=O) groups is 1. The van der Waals surface area contributed by atoms with Crippen molar-refractivity contribution < 1.29 is 9.21 Å². The van der Waals surface area contributed by atoms with Crippen LogP contribution in [-0.2, 0) is 0 Å². The van der Waals surface area contributed by atoms with Gasteiger partial charge in [-0.1, -0.05) is 13.8 Å². The van der Waals surface area contributed by atoms with Gasteiger partial charge < -0.3 is 4.42 Å². The van der Waals surface area contributed by atoms with E-state index in [-0.39, 0.29) is 11.7 Å². The Morgan fingerprint density at radius 1 is 1.27 bits per heavy atom. The summed E-state index contributed by atoms with van der Waals surface area (Å²) in [6.45, 7) is 7.72. The van der Waals surface area contributed by atoms with E-state index in [1.807, 2.05) is 27.7 Å². The van der Waals surface area contributed by atoms with Crippen molar-refractivity contribution in [3.05, 3.63) is 17.1 Å². The minimum Gasteiger partial charge on any atom is -0.465 e. The van der Waals surface area contributed by atoms with Crippen molar-refractivity contribution in [2.24, 2.45) is 5.92 Å². The number of Topliss-reactive ketones (excluding diaryl/α,β-unsaturated/α-hetero) is 1. The molecule has 0 aliphatic heterocycles. The molecule has 0 unspecified atom stereocenters. The van der Waals surface area contributed by atoms with Gasteiger partial charge in [-0.15, -0.1) is 12.6 Å². The zero-order valence-electron chi connectivity index (χ0n) is 9.76. The molecule has 2 nitrogen and oxygen atoms in total. The Morgan fingerprint density at radius 3 is 2.13 bits per heavy atom. The van der Waals surface area contributed by atoms with Crippen LogP contribution in [0.15, 0.2) is 9.31 Å². The summed E-state index contributed by atoms with van der Waals surface area (Å²) in [5.74, 6) is 1.67. The lowest BCUT2D eigenvalue weighted by Crippen LogP contribution is -2.13. The van der Waals surface area contributed by atoms with Crippen molar-refractivity contribution >= 4 is 18.4 Å². The smallest absolute Gasteiger partial charge is 0.170 e. The van der Waals surface area contributed by atoms with E-state index < -0.39 is 0 Å². The van der Waals surface area contributed by atoms with Crippen LogP contribution < -0.4 is 0 Å². The molecule has 0 aliphatic rings. The van der Waals surface area contributed by atoms with Crippen LogP contribution in [0.3, 0.4) is 0 Å². The van der Waals surface area contributed by atoms with Gasteiger partial charge >= 0.3 is 0 Å². The summed E-state index contributed by atoms with van der Waals surface area (Å²) in [5.41, 5.74) is 0.671. The van der Waals surface area contributed by atoms with Crippen molar-refractivity contribution in [1.29, 1.82) is 0 Å². The van der Waals surface area contributed by atoms with E-state index in [1.165, 1.54) is 0 Å². The quantitative estimate of drug-likeness (QED) is 0.625. The van der Waals surface area contributed by atoms with Gasteiger partial charge in [0.2, 0.25) is 0 Å². The highest BCUT2D eigenvalue weighted by atomic mass is 32.1. The van der Waals surface area contributed by atoms with Crippen LogP contribution >= 0.6 is 12.6 Å². The molecule has 0 fully saturated rings. The molecule has 0 aliphatic carbocycles. The summed E-state index contributed by atoms with van der Waals surface area (Å²) in [6.07, 6.45) is 1.73. The van der Waals surface area contributed by atoms with E-state index >= 15 is 0 Å². The molecule has 1 aromatic rings. The number of carbonyl (C=O) groups excluding carboxylic acids is 1. The van der Waals surface area contributed by atoms with Crippen LogP contribution in [0.4, 0.5) is 0 Å². The monoisotopic (exact) mass is 226 g/mol. The van der Waals surface area contributed by atoms with Gasteiger partial charge in [0.05, 0.1) is 10.5 Å². The Morgan fingerprint density at radius 2 is 1.80 bits per heavy atom. The summed E-state index contributed by atoms with van der Waals surface area (Å²) in [6, 6.07) is 0. The molecule has 1 heterocycles. The SMILES string of the molecule is CCC(CC)C(=O)c1c(C)oc(C)c1S. The lowest BCUT2D eigenvalue weighted by atomic mass is 9.93. The fraction of sp³-hybridized carbons (Fsp3) is 0.583. The first-order valence-electron chi connectivity index (χ1n) is 5.36. The van der Waals surface area contributed by atoms with Gasteiger partial charge in [0, 0.05) is 5.92 Å². The Bertz CT molecular complexity index is 362. The zero-order valence-corrected chi connectivity index (χ0v) is 10.6. The molecule has 0 saturated carbocycles. The number of ketones is 1. The molecule has 0 aromatic carbocycles. The number of hydrogen-bond acceptors (Lipinski definition) is 3. The van der Waals surface area contributed by atoms with Crippen molar-refractivity contribution in [1.82, 2.24) is 0 Å². The fourth-order valence-electron chi connectivity index (χ4n) is 1.83. The molecular formula is C12H18O2S. The molecular weight excluding hydrogens is 208 g/mol. The van der Waals surface area contributed by atoms with Crippen molar-refractivity contribution in [2.45, 2.75) is 45.4 Å². The molecule has 1 aromatic heterocycles. The molecule has 0 saturated heterocycles. The minimum absolute atomic E-state index is 0.0894. The highest BCUT2D eigenvalue weighted by Gasteiger charge is 2.24. The Labute approximate surface area is 96.5 Å². The molecule has 0 bridgehead atoms. The van der Waals surface area contributed by atoms with E-state index in [0.29, 0.717) is 16.2 Å². The lowest BCUT2D eigenvalue weighted by molar-refractivity contribution is 0.0909. The molecule has 84 valence electrons. The molecule has 0 spiro atoms. The maximum Gasteiger partial charge on any atom is 0.170 e. The molecule has 0 N–H and O–H groups in total. The molecule has 0 amide bonds. The first-order chi connectivity index (χ1) is 7.02. The van der Waals surface area contributed by atoms with Crippen LogP contribution in [0.1, 0.15) is 48.6 Å². The molecule has 15 heavy (non-hydrogen) atoms. The van der Waals surface area contributed by atoms with Gasteiger partial charge in [-0.25, -0.2) is 0 Å². The van der Waals surface area contributed by atoms with E-state index in [1.54, 1.807) is 0 Å². The number of furan rings is 1. The standard InChI is InChI=1S/C12H18O2S/c1-5-9(6-2)11(13)10-7(3)14-8(4)12(10)15/h9,15H,5-6H2,1-4H3. The normalized spacial score (nSPS) is 11.1. The van der Waals surface area contributed by atoms with Crippen LogP contribution in [0.2, 0.25) is 0 Å². The van der Waals surface area contributed by atoms with Crippen molar-refractivity contribution in [2.75, 3.05) is 0 Å². The third-order valence-corrected chi connectivity index (χ3v) is 3.37. The second-order valence-corrected chi connectivity index (χ2v) is 4.26. The predicted octanol–water partition coefficient (Wildman–Crippen LogP) is 3.80. The molecule has 1 rings (SSSR count). The van der Waals surface area contributed by atoms with Crippen LogP contribution in [0.25, 0.3) is 0 Å². The topological polar surface area (TPSA) is 30.2 Å². The predicted molar refractivity (Wildman–Crippen MR) is 63.8 cm³/mol. The Kier molecular flexibility index (Phi) is 4.03. The third-order valence-electron chi connectivity index (χ3n) is 2.83. The minimum atomic E-state index is 0.0894. The van der Waals surface area contributed by atoms with Crippen LogP contribution in [0, 0.1) is 19.8 Å². The average molecular weight is 226 g/mol. The van der Waals surface area contributed by atoms with E-state index in [9.17, 15) is 4.79 Å². The highest BCUT2D eigenvalue weighted by molar-refractivity contribution is 7.80. The molecule has 0 atom stereocenters. The maximum absolute atomic E-state index is 12.2. The number of hydrogen-bond donors (Lipinski definition) is 1.